The first kappa shape index (κ1) is 22.0. The summed E-state index contributed by atoms with van der Waals surface area (Å²) in [5.41, 5.74) is 1.23. The van der Waals surface area contributed by atoms with Crippen LogP contribution in [0.3, 0.4) is 0 Å². The number of aliphatic imine (C=N–C) groups is 1. The second-order valence-electron chi connectivity index (χ2n) is 5.56. The number of aryl methyl sites for hydroxylation is 1. The summed E-state index contributed by atoms with van der Waals surface area (Å²) < 4.78 is 11.2. The summed E-state index contributed by atoms with van der Waals surface area (Å²) in [5, 5.41) is 6.42. The Morgan fingerprint density at radius 1 is 1.09 bits per heavy atom. The molecule has 0 fully saturated rings. The van der Waals surface area contributed by atoms with E-state index in [1.165, 1.54) is 5.56 Å². The van der Waals surface area contributed by atoms with Crippen molar-refractivity contribution in [2.24, 2.45) is 10.9 Å². The minimum absolute atomic E-state index is 0. The Labute approximate surface area is 157 Å². The molecule has 0 aliphatic rings. The van der Waals surface area contributed by atoms with Gasteiger partial charge in [0, 0.05) is 20.2 Å². The first-order chi connectivity index (χ1) is 10.6. The van der Waals surface area contributed by atoms with Crippen LogP contribution in [0, 0.1) is 12.8 Å². The lowest BCUT2D eigenvalue weighted by Gasteiger charge is -2.13. The Morgan fingerprint density at radius 2 is 1.70 bits per heavy atom. The van der Waals surface area contributed by atoms with E-state index in [0.29, 0.717) is 25.7 Å². The molecule has 0 unspecified atom stereocenters. The number of rotatable bonds is 9. The molecule has 1 aromatic carbocycles. The van der Waals surface area contributed by atoms with Gasteiger partial charge in [-0.1, -0.05) is 31.5 Å². The summed E-state index contributed by atoms with van der Waals surface area (Å²) in [6.07, 6.45) is 0. The standard InChI is InChI=1S/C17H29N3O2.HI/c1-14(2)13-21-11-9-19-17(18-4)20-10-12-22-16-7-5-15(3)6-8-16;/h5-8,14H,9-13H2,1-4H3,(H2,18,19,20);1H. The van der Waals surface area contributed by atoms with Gasteiger partial charge in [0.15, 0.2) is 5.96 Å². The zero-order valence-electron chi connectivity index (χ0n) is 14.6. The van der Waals surface area contributed by atoms with E-state index in [0.717, 1.165) is 24.9 Å². The normalized spacial score (nSPS) is 11.1. The number of hydrogen-bond donors (Lipinski definition) is 2. The molecule has 132 valence electrons. The smallest absolute Gasteiger partial charge is 0.191 e. The molecule has 0 aliphatic heterocycles. The fourth-order valence-corrected chi connectivity index (χ4v) is 1.75. The van der Waals surface area contributed by atoms with Gasteiger partial charge in [0.1, 0.15) is 12.4 Å². The van der Waals surface area contributed by atoms with E-state index < -0.39 is 0 Å². The predicted molar refractivity (Wildman–Crippen MR) is 107 cm³/mol. The highest BCUT2D eigenvalue weighted by atomic mass is 127. The maximum Gasteiger partial charge on any atom is 0.191 e. The molecule has 0 amide bonds. The number of nitrogens with zero attached hydrogens (tertiary/aromatic N) is 1. The zero-order valence-corrected chi connectivity index (χ0v) is 16.9. The summed E-state index contributed by atoms with van der Waals surface area (Å²) in [7, 11) is 1.76. The molecule has 23 heavy (non-hydrogen) atoms. The Hall–Kier alpha value is -1.02. The Morgan fingerprint density at radius 3 is 2.26 bits per heavy atom. The van der Waals surface area contributed by atoms with Crippen molar-refractivity contribution in [1.29, 1.82) is 0 Å². The van der Waals surface area contributed by atoms with Crippen LogP contribution in [0.4, 0.5) is 0 Å². The number of ether oxygens (including phenoxy) is 2. The Bertz CT molecular complexity index is 436. The SMILES string of the molecule is CN=C(NCCOCC(C)C)NCCOc1ccc(C)cc1.I. The van der Waals surface area contributed by atoms with Gasteiger partial charge in [-0.15, -0.1) is 24.0 Å². The molecule has 6 heteroatoms. The molecule has 0 saturated heterocycles. The monoisotopic (exact) mass is 435 g/mol. The maximum atomic E-state index is 5.66. The summed E-state index contributed by atoms with van der Waals surface area (Å²) in [6, 6.07) is 8.05. The highest BCUT2D eigenvalue weighted by molar-refractivity contribution is 14.0. The molecule has 0 bridgehead atoms. The van der Waals surface area contributed by atoms with Crippen molar-refractivity contribution in [2.75, 3.05) is 40.0 Å². The minimum Gasteiger partial charge on any atom is -0.492 e. The summed E-state index contributed by atoms with van der Waals surface area (Å²) in [4.78, 5) is 4.16. The van der Waals surface area contributed by atoms with Gasteiger partial charge in [-0.2, -0.15) is 0 Å². The van der Waals surface area contributed by atoms with Gasteiger partial charge in [-0.25, -0.2) is 0 Å². The first-order valence-electron chi connectivity index (χ1n) is 7.83. The zero-order chi connectivity index (χ0) is 16.2. The van der Waals surface area contributed by atoms with Gasteiger partial charge in [-0.05, 0) is 25.0 Å². The number of halogens is 1. The molecule has 0 aliphatic carbocycles. The van der Waals surface area contributed by atoms with E-state index in [1.807, 2.05) is 24.3 Å². The van der Waals surface area contributed by atoms with E-state index >= 15 is 0 Å². The average molecular weight is 435 g/mol. The molecule has 0 heterocycles. The van der Waals surface area contributed by atoms with E-state index in [-0.39, 0.29) is 24.0 Å². The van der Waals surface area contributed by atoms with Crippen LogP contribution >= 0.6 is 24.0 Å². The Balaban J connectivity index is 0.00000484. The molecular weight excluding hydrogens is 405 g/mol. The van der Waals surface area contributed by atoms with Gasteiger partial charge < -0.3 is 20.1 Å². The van der Waals surface area contributed by atoms with Gasteiger partial charge in [0.05, 0.1) is 13.2 Å². The Kier molecular flexibility index (Phi) is 12.8. The van der Waals surface area contributed by atoms with Crippen molar-refractivity contribution < 1.29 is 9.47 Å². The van der Waals surface area contributed by atoms with Gasteiger partial charge in [-0.3, -0.25) is 4.99 Å². The topological polar surface area (TPSA) is 54.9 Å². The van der Waals surface area contributed by atoms with Crippen LogP contribution in [0.2, 0.25) is 0 Å². The quantitative estimate of drug-likeness (QED) is 0.271. The summed E-state index contributed by atoms with van der Waals surface area (Å²) in [6.45, 7) is 9.84. The van der Waals surface area contributed by atoms with Crippen molar-refractivity contribution in [3.05, 3.63) is 29.8 Å². The van der Waals surface area contributed by atoms with Crippen LogP contribution in [0.25, 0.3) is 0 Å². The highest BCUT2D eigenvalue weighted by Crippen LogP contribution is 2.10. The van der Waals surface area contributed by atoms with Crippen LogP contribution in [0.15, 0.2) is 29.3 Å². The van der Waals surface area contributed by atoms with Gasteiger partial charge in [0.2, 0.25) is 0 Å². The fourth-order valence-electron chi connectivity index (χ4n) is 1.75. The van der Waals surface area contributed by atoms with E-state index in [2.05, 4.69) is 36.4 Å². The summed E-state index contributed by atoms with van der Waals surface area (Å²) >= 11 is 0. The van der Waals surface area contributed by atoms with Crippen LogP contribution in [0.1, 0.15) is 19.4 Å². The molecule has 0 aromatic heterocycles. The van der Waals surface area contributed by atoms with Gasteiger partial charge in [0.25, 0.3) is 0 Å². The van der Waals surface area contributed by atoms with E-state index in [4.69, 9.17) is 9.47 Å². The van der Waals surface area contributed by atoms with E-state index in [9.17, 15) is 0 Å². The average Bonchev–Trinajstić information content (AvgIpc) is 2.50. The molecule has 0 spiro atoms. The minimum atomic E-state index is 0. The number of benzene rings is 1. The number of nitrogens with one attached hydrogen (secondary N) is 2. The molecule has 5 nitrogen and oxygen atoms in total. The summed E-state index contributed by atoms with van der Waals surface area (Å²) in [5.74, 6) is 2.22. The molecular formula is C17H30IN3O2. The third-order valence-corrected chi connectivity index (χ3v) is 2.90. The third kappa shape index (κ3) is 11.2. The third-order valence-electron chi connectivity index (χ3n) is 2.90. The van der Waals surface area contributed by atoms with E-state index in [1.54, 1.807) is 7.05 Å². The molecule has 1 aromatic rings. The highest BCUT2D eigenvalue weighted by Gasteiger charge is 1.98. The molecule has 0 saturated carbocycles. The molecule has 0 radical (unpaired) electrons. The van der Waals surface area contributed by atoms with Crippen LogP contribution in [-0.4, -0.2) is 45.9 Å². The fraction of sp³-hybridized carbons (Fsp3) is 0.588. The number of guanidine groups is 1. The molecule has 2 N–H and O–H groups in total. The largest absolute Gasteiger partial charge is 0.492 e. The van der Waals surface area contributed by atoms with Crippen molar-refractivity contribution >= 4 is 29.9 Å². The van der Waals surface area contributed by atoms with Crippen LogP contribution < -0.4 is 15.4 Å². The van der Waals surface area contributed by atoms with Crippen molar-refractivity contribution in [1.82, 2.24) is 10.6 Å². The predicted octanol–water partition coefficient (Wildman–Crippen LogP) is 2.83. The van der Waals surface area contributed by atoms with Crippen molar-refractivity contribution in [2.45, 2.75) is 20.8 Å². The molecule has 1 rings (SSSR count). The number of hydrogen-bond acceptors (Lipinski definition) is 3. The van der Waals surface area contributed by atoms with Crippen LogP contribution in [-0.2, 0) is 4.74 Å². The van der Waals surface area contributed by atoms with Crippen molar-refractivity contribution in [3.63, 3.8) is 0 Å². The second-order valence-corrected chi connectivity index (χ2v) is 5.56. The second kappa shape index (κ2) is 13.4. The lowest BCUT2D eigenvalue weighted by Crippen LogP contribution is -2.40. The lowest BCUT2D eigenvalue weighted by atomic mass is 10.2. The van der Waals surface area contributed by atoms with Crippen LogP contribution in [0.5, 0.6) is 5.75 Å². The first-order valence-corrected chi connectivity index (χ1v) is 7.83. The maximum absolute atomic E-state index is 5.66. The van der Waals surface area contributed by atoms with Crippen molar-refractivity contribution in [3.8, 4) is 5.75 Å². The lowest BCUT2D eigenvalue weighted by molar-refractivity contribution is 0.114. The van der Waals surface area contributed by atoms with Gasteiger partial charge >= 0.3 is 0 Å². The molecule has 0 atom stereocenters.